The normalized spacial score (nSPS) is 9.85. The summed E-state index contributed by atoms with van der Waals surface area (Å²) in [6.45, 7) is 1.95. The molecule has 0 aromatic heterocycles. The Labute approximate surface area is 116 Å². The Morgan fingerprint density at radius 3 is 2.45 bits per heavy atom. The molecule has 0 aliphatic carbocycles. The predicted octanol–water partition coefficient (Wildman–Crippen LogP) is 2.70. The third kappa shape index (κ3) is 3.58. The lowest BCUT2D eigenvalue weighted by molar-refractivity contribution is 0.0734. The third-order valence-electron chi connectivity index (χ3n) is 2.60. The zero-order chi connectivity index (χ0) is 14.5. The van der Waals surface area contributed by atoms with Crippen molar-refractivity contribution >= 4 is 17.7 Å². The molecule has 0 unspecified atom stereocenters. The quantitative estimate of drug-likeness (QED) is 0.664. The SMILES string of the molecule is Cc1ccc(OC(=O)c2cccc(NC(N)=O)c2)cc1. The Morgan fingerprint density at radius 2 is 1.80 bits per heavy atom. The van der Waals surface area contributed by atoms with Gasteiger partial charge in [-0.3, -0.25) is 0 Å². The van der Waals surface area contributed by atoms with E-state index in [1.807, 2.05) is 19.1 Å². The monoisotopic (exact) mass is 270 g/mol. The highest BCUT2D eigenvalue weighted by molar-refractivity contribution is 5.94. The van der Waals surface area contributed by atoms with Gasteiger partial charge in [-0.05, 0) is 37.3 Å². The van der Waals surface area contributed by atoms with E-state index in [0.717, 1.165) is 5.56 Å². The van der Waals surface area contributed by atoms with Gasteiger partial charge in [0, 0.05) is 5.69 Å². The first kappa shape index (κ1) is 13.6. The number of ether oxygens (including phenoxy) is 1. The van der Waals surface area contributed by atoms with E-state index in [1.165, 1.54) is 6.07 Å². The minimum Gasteiger partial charge on any atom is -0.423 e. The van der Waals surface area contributed by atoms with Crippen LogP contribution in [-0.4, -0.2) is 12.0 Å². The first-order valence-corrected chi connectivity index (χ1v) is 6.00. The fraction of sp³-hybridized carbons (Fsp3) is 0.0667. The van der Waals surface area contributed by atoms with Crippen LogP contribution in [0.5, 0.6) is 5.75 Å². The highest BCUT2D eigenvalue weighted by Gasteiger charge is 2.09. The van der Waals surface area contributed by atoms with Gasteiger partial charge in [0.05, 0.1) is 5.56 Å². The fourth-order valence-corrected chi connectivity index (χ4v) is 1.64. The molecule has 0 aliphatic rings. The Hall–Kier alpha value is -2.82. The van der Waals surface area contributed by atoms with Crippen molar-refractivity contribution in [2.45, 2.75) is 6.92 Å². The molecule has 0 bridgehead atoms. The summed E-state index contributed by atoms with van der Waals surface area (Å²) in [5.74, 6) is -0.0316. The van der Waals surface area contributed by atoms with Gasteiger partial charge in [-0.1, -0.05) is 23.8 Å². The van der Waals surface area contributed by atoms with E-state index in [2.05, 4.69) is 5.32 Å². The van der Waals surface area contributed by atoms with Crippen LogP contribution in [0.2, 0.25) is 0 Å². The average Bonchev–Trinajstić information content (AvgIpc) is 2.41. The second-order valence-corrected chi connectivity index (χ2v) is 4.27. The molecule has 0 saturated heterocycles. The molecular formula is C15H14N2O3. The minimum absolute atomic E-state index is 0.330. The third-order valence-corrected chi connectivity index (χ3v) is 2.60. The Balaban J connectivity index is 2.12. The highest BCUT2D eigenvalue weighted by Crippen LogP contribution is 2.16. The number of nitrogens with one attached hydrogen (secondary N) is 1. The average molecular weight is 270 g/mol. The van der Waals surface area contributed by atoms with Gasteiger partial charge in [0.2, 0.25) is 0 Å². The Morgan fingerprint density at radius 1 is 1.10 bits per heavy atom. The maximum Gasteiger partial charge on any atom is 0.343 e. The molecule has 5 nitrogen and oxygen atoms in total. The van der Waals surface area contributed by atoms with Gasteiger partial charge in [0.1, 0.15) is 5.75 Å². The van der Waals surface area contributed by atoms with Gasteiger partial charge in [-0.2, -0.15) is 0 Å². The van der Waals surface area contributed by atoms with Crippen molar-refractivity contribution in [3.8, 4) is 5.75 Å². The molecule has 2 aromatic carbocycles. The number of carbonyl (C=O) groups is 2. The summed E-state index contributed by atoms with van der Waals surface area (Å²) in [5.41, 5.74) is 6.87. The van der Waals surface area contributed by atoms with Crippen LogP contribution in [0.15, 0.2) is 48.5 Å². The molecule has 0 spiro atoms. The van der Waals surface area contributed by atoms with Gasteiger partial charge < -0.3 is 15.8 Å². The molecule has 5 heteroatoms. The largest absolute Gasteiger partial charge is 0.423 e. The number of esters is 1. The van der Waals surface area contributed by atoms with Crippen molar-refractivity contribution in [3.05, 3.63) is 59.7 Å². The van der Waals surface area contributed by atoms with E-state index >= 15 is 0 Å². The number of urea groups is 1. The van der Waals surface area contributed by atoms with Crippen molar-refractivity contribution in [2.24, 2.45) is 5.73 Å². The Kier molecular flexibility index (Phi) is 4.00. The summed E-state index contributed by atoms with van der Waals surface area (Å²) in [5, 5.41) is 2.40. The van der Waals surface area contributed by atoms with Gasteiger partial charge in [-0.15, -0.1) is 0 Å². The lowest BCUT2D eigenvalue weighted by Crippen LogP contribution is -2.19. The van der Waals surface area contributed by atoms with Crippen LogP contribution in [0.3, 0.4) is 0 Å². The van der Waals surface area contributed by atoms with Crippen LogP contribution < -0.4 is 15.8 Å². The zero-order valence-electron chi connectivity index (χ0n) is 10.9. The topological polar surface area (TPSA) is 81.4 Å². The molecule has 0 fully saturated rings. The maximum absolute atomic E-state index is 12.0. The van der Waals surface area contributed by atoms with Crippen molar-refractivity contribution in [1.29, 1.82) is 0 Å². The van der Waals surface area contributed by atoms with Crippen LogP contribution in [0.4, 0.5) is 10.5 Å². The Bertz CT molecular complexity index is 636. The molecule has 0 atom stereocenters. The maximum atomic E-state index is 12.0. The number of primary amides is 1. The molecule has 20 heavy (non-hydrogen) atoms. The molecule has 0 heterocycles. The van der Waals surface area contributed by atoms with Gasteiger partial charge in [0.25, 0.3) is 0 Å². The number of aryl methyl sites for hydroxylation is 1. The first-order chi connectivity index (χ1) is 9.54. The van der Waals surface area contributed by atoms with Crippen molar-refractivity contribution in [2.75, 3.05) is 5.32 Å². The molecule has 0 radical (unpaired) electrons. The van der Waals surface area contributed by atoms with E-state index in [9.17, 15) is 9.59 Å². The fourth-order valence-electron chi connectivity index (χ4n) is 1.64. The molecule has 0 aliphatic heterocycles. The smallest absolute Gasteiger partial charge is 0.343 e. The lowest BCUT2D eigenvalue weighted by atomic mass is 10.2. The van der Waals surface area contributed by atoms with E-state index in [4.69, 9.17) is 10.5 Å². The number of hydrogen-bond donors (Lipinski definition) is 2. The number of carbonyl (C=O) groups excluding carboxylic acids is 2. The number of nitrogens with two attached hydrogens (primary N) is 1. The van der Waals surface area contributed by atoms with Crippen LogP contribution in [0.1, 0.15) is 15.9 Å². The van der Waals surface area contributed by atoms with Gasteiger partial charge >= 0.3 is 12.0 Å². The molecule has 2 aromatic rings. The van der Waals surface area contributed by atoms with Gasteiger partial charge in [0.15, 0.2) is 0 Å². The number of amides is 2. The molecule has 3 N–H and O–H groups in total. The van der Waals surface area contributed by atoms with Crippen molar-refractivity contribution in [3.63, 3.8) is 0 Å². The van der Waals surface area contributed by atoms with E-state index < -0.39 is 12.0 Å². The van der Waals surface area contributed by atoms with Crippen LogP contribution >= 0.6 is 0 Å². The van der Waals surface area contributed by atoms with Crippen LogP contribution in [0, 0.1) is 6.92 Å². The number of rotatable bonds is 3. The summed E-state index contributed by atoms with van der Waals surface area (Å²) in [7, 11) is 0. The van der Waals surface area contributed by atoms with E-state index in [-0.39, 0.29) is 0 Å². The van der Waals surface area contributed by atoms with Crippen LogP contribution in [-0.2, 0) is 0 Å². The zero-order valence-corrected chi connectivity index (χ0v) is 10.9. The summed E-state index contributed by atoms with van der Waals surface area (Å²) in [6.07, 6.45) is 0. The van der Waals surface area contributed by atoms with Crippen molar-refractivity contribution in [1.82, 2.24) is 0 Å². The summed E-state index contributed by atoms with van der Waals surface area (Å²) in [4.78, 5) is 22.7. The van der Waals surface area contributed by atoms with Gasteiger partial charge in [-0.25, -0.2) is 9.59 Å². The number of benzene rings is 2. The summed E-state index contributed by atoms with van der Waals surface area (Å²) in [6, 6.07) is 12.8. The molecule has 102 valence electrons. The summed E-state index contributed by atoms with van der Waals surface area (Å²) < 4.78 is 5.23. The van der Waals surface area contributed by atoms with E-state index in [0.29, 0.717) is 17.0 Å². The molecule has 0 saturated carbocycles. The standard InChI is InChI=1S/C15H14N2O3/c1-10-5-7-13(8-6-10)20-14(18)11-3-2-4-12(9-11)17-15(16)19/h2-9H,1H3,(H3,16,17,19). The van der Waals surface area contributed by atoms with E-state index in [1.54, 1.807) is 30.3 Å². The highest BCUT2D eigenvalue weighted by atomic mass is 16.5. The minimum atomic E-state index is -0.686. The first-order valence-electron chi connectivity index (χ1n) is 6.00. The lowest BCUT2D eigenvalue weighted by Gasteiger charge is -2.06. The second-order valence-electron chi connectivity index (χ2n) is 4.27. The molecular weight excluding hydrogens is 256 g/mol. The number of hydrogen-bond acceptors (Lipinski definition) is 3. The summed E-state index contributed by atoms with van der Waals surface area (Å²) >= 11 is 0. The predicted molar refractivity (Wildman–Crippen MR) is 75.8 cm³/mol. The molecule has 2 amide bonds. The number of anilines is 1. The van der Waals surface area contributed by atoms with Crippen molar-refractivity contribution < 1.29 is 14.3 Å². The molecule has 2 rings (SSSR count). The van der Waals surface area contributed by atoms with Crippen LogP contribution in [0.25, 0.3) is 0 Å². The second kappa shape index (κ2) is 5.88.